The first kappa shape index (κ1) is 23.9. The first-order valence-electron chi connectivity index (χ1n) is 9.38. The molecule has 0 spiro atoms. The number of carboxylic acid groups (broad SMARTS) is 2. The van der Waals surface area contributed by atoms with Crippen molar-refractivity contribution < 1.29 is 29.3 Å². The second kappa shape index (κ2) is 11.7. The minimum absolute atomic E-state index is 0.0632. The smallest absolute Gasteiger partial charge is 0.327 e. The Morgan fingerprint density at radius 1 is 1.17 bits per heavy atom. The maximum atomic E-state index is 12.3. The summed E-state index contributed by atoms with van der Waals surface area (Å²) in [5, 5.41) is 18.8. The van der Waals surface area contributed by atoms with Gasteiger partial charge in [0.1, 0.15) is 6.04 Å². The van der Waals surface area contributed by atoms with Crippen LogP contribution in [0.2, 0.25) is 5.02 Å². The molecule has 30 heavy (non-hydrogen) atoms. The van der Waals surface area contributed by atoms with Gasteiger partial charge in [-0.1, -0.05) is 29.8 Å². The maximum Gasteiger partial charge on any atom is 0.327 e. The van der Waals surface area contributed by atoms with Gasteiger partial charge in [-0.2, -0.15) is 0 Å². The number of carbonyl (C=O) groups excluding carboxylic acids is 1. The van der Waals surface area contributed by atoms with Gasteiger partial charge in [-0.3, -0.25) is 14.5 Å². The SMILES string of the molecule is COC(=O)[C@H](c1ccccc1Cl)N1CCc2sccc2C1.O=C(O)CCCC(=O)O. The highest BCUT2D eigenvalue weighted by Crippen LogP contribution is 2.33. The van der Waals surface area contributed by atoms with E-state index in [9.17, 15) is 14.4 Å². The quantitative estimate of drug-likeness (QED) is 0.610. The highest BCUT2D eigenvalue weighted by atomic mass is 35.5. The van der Waals surface area contributed by atoms with E-state index in [2.05, 4.69) is 16.3 Å². The van der Waals surface area contributed by atoms with E-state index in [1.54, 1.807) is 11.3 Å². The molecule has 1 atom stereocenters. The molecule has 2 aromatic rings. The molecular weight excluding hydrogens is 430 g/mol. The normalized spacial score (nSPS) is 14.1. The summed E-state index contributed by atoms with van der Waals surface area (Å²) in [6.07, 6.45) is 1.05. The topological polar surface area (TPSA) is 104 Å². The fourth-order valence-corrected chi connectivity index (χ4v) is 4.29. The van der Waals surface area contributed by atoms with Crippen molar-refractivity contribution in [3.8, 4) is 0 Å². The lowest BCUT2D eigenvalue weighted by Gasteiger charge is -2.33. The second-order valence-corrected chi connectivity index (χ2v) is 8.09. The van der Waals surface area contributed by atoms with Crippen molar-refractivity contribution in [2.75, 3.05) is 13.7 Å². The van der Waals surface area contributed by atoms with Crippen LogP contribution in [-0.2, 0) is 32.1 Å². The molecule has 1 aromatic carbocycles. The van der Waals surface area contributed by atoms with Gasteiger partial charge in [-0.15, -0.1) is 11.3 Å². The molecule has 9 heteroatoms. The molecule has 1 aliphatic heterocycles. The number of aliphatic carboxylic acids is 2. The maximum absolute atomic E-state index is 12.3. The van der Waals surface area contributed by atoms with E-state index in [4.69, 9.17) is 26.6 Å². The Morgan fingerprint density at radius 3 is 2.43 bits per heavy atom. The minimum Gasteiger partial charge on any atom is -0.481 e. The van der Waals surface area contributed by atoms with Crippen LogP contribution in [-0.4, -0.2) is 46.7 Å². The van der Waals surface area contributed by atoms with Crippen LogP contribution >= 0.6 is 22.9 Å². The number of carboxylic acids is 2. The lowest BCUT2D eigenvalue weighted by molar-refractivity contribution is -0.148. The van der Waals surface area contributed by atoms with Gasteiger partial charge in [0.2, 0.25) is 0 Å². The number of rotatable bonds is 7. The number of hydrogen-bond donors (Lipinski definition) is 2. The average Bonchev–Trinajstić information content (AvgIpc) is 3.17. The number of ether oxygens (including phenoxy) is 1. The molecule has 3 rings (SSSR count). The van der Waals surface area contributed by atoms with E-state index in [0.29, 0.717) is 5.02 Å². The summed E-state index contributed by atoms with van der Waals surface area (Å²) in [5.74, 6) is -2.16. The van der Waals surface area contributed by atoms with Crippen molar-refractivity contribution in [3.63, 3.8) is 0 Å². The third-order valence-corrected chi connectivity index (χ3v) is 5.98. The highest BCUT2D eigenvalue weighted by Gasteiger charge is 2.32. The molecule has 0 saturated carbocycles. The van der Waals surface area contributed by atoms with E-state index in [1.807, 2.05) is 24.3 Å². The van der Waals surface area contributed by atoms with E-state index in [1.165, 1.54) is 17.6 Å². The van der Waals surface area contributed by atoms with Gasteiger partial charge in [-0.25, -0.2) is 4.79 Å². The van der Waals surface area contributed by atoms with Gasteiger partial charge in [0.25, 0.3) is 0 Å². The molecule has 2 N–H and O–H groups in total. The van der Waals surface area contributed by atoms with Gasteiger partial charge < -0.3 is 14.9 Å². The standard InChI is InChI=1S/C16H16ClNO2S.C5H8O4/c1-20-16(19)15(12-4-2-3-5-13(12)17)18-8-6-14-11(10-18)7-9-21-14;6-4(7)2-1-3-5(8)9/h2-5,7,9,15H,6,8,10H2,1H3;1-3H2,(H,6,7)(H,8,9)/t15-;/m0./s1. The van der Waals surface area contributed by atoms with E-state index < -0.39 is 18.0 Å². The third kappa shape index (κ3) is 6.83. The summed E-state index contributed by atoms with van der Waals surface area (Å²) in [6.45, 7) is 1.59. The number of carbonyl (C=O) groups is 3. The molecule has 0 aliphatic carbocycles. The first-order chi connectivity index (χ1) is 14.3. The van der Waals surface area contributed by atoms with Crippen molar-refractivity contribution in [3.05, 3.63) is 56.7 Å². The van der Waals surface area contributed by atoms with Gasteiger partial charge in [-0.05, 0) is 41.5 Å². The van der Waals surface area contributed by atoms with Crippen molar-refractivity contribution >= 4 is 40.8 Å². The zero-order valence-corrected chi connectivity index (χ0v) is 18.1. The van der Waals surface area contributed by atoms with Crippen LogP contribution in [0.3, 0.4) is 0 Å². The Bertz CT molecular complexity index is 870. The van der Waals surface area contributed by atoms with Crippen LogP contribution in [0.15, 0.2) is 35.7 Å². The second-order valence-electron chi connectivity index (χ2n) is 6.68. The zero-order chi connectivity index (χ0) is 22.1. The minimum atomic E-state index is -0.948. The number of thiophene rings is 1. The molecule has 162 valence electrons. The Hall–Kier alpha value is -2.42. The number of fused-ring (bicyclic) bond motifs is 1. The van der Waals surface area contributed by atoms with Crippen molar-refractivity contribution in [2.24, 2.45) is 0 Å². The van der Waals surface area contributed by atoms with E-state index in [0.717, 1.165) is 25.1 Å². The number of nitrogens with zero attached hydrogens (tertiary/aromatic N) is 1. The van der Waals surface area contributed by atoms with E-state index >= 15 is 0 Å². The Labute approximate surface area is 183 Å². The molecule has 0 fully saturated rings. The summed E-state index contributed by atoms with van der Waals surface area (Å²) < 4.78 is 5.01. The van der Waals surface area contributed by atoms with Crippen molar-refractivity contribution in [2.45, 2.75) is 38.3 Å². The molecular formula is C21H24ClNO6S. The Balaban J connectivity index is 0.000000303. The summed E-state index contributed by atoms with van der Waals surface area (Å²) >= 11 is 8.07. The number of benzene rings is 1. The zero-order valence-electron chi connectivity index (χ0n) is 16.5. The average molecular weight is 454 g/mol. The fourth-order valence-electron chi connectivity index (χ4n) is 3.16. The van der Waals surface area contributed by atoms with Crippen LogP contribution in [0.25, 0.3) is 0 Å². The molecule has 0 bridgehead atoms. The van der Waals surface area contributed by atoms with Gasteiger partial charge in [0.15, 0.2) is 0 Å². The first-order valence-corrected chi connectivity index (χ1v) is 10.6. The van der Waals surface area contributed by atoms with Crippen molar-refractivity contribution in [1.82, 2.24) is 4.90 Å². The fraction of sp³-hybridized carbons (Fsp3) is 0.381. The van der Waals surface area contributed by atoms with Crippen LogP contribution < -0.4 is 0 Å². The van der Waals surface area contributed by atoms with E-state index in [-0.39, 0.29) is 25.2 Å². The van der Waals surface area contributed by atoms with Gasteiger partial charge >= 0.3 is 17.9 Å². The number of halogens is 1. The predicted molar refractivity (Wildman–Crippen MR) is 114 cm³/mol. The molecule has 0 amide bonds. The molecule has 0 saturated heterocycles. The predicted octanol–water partition coefficient (Wildman–Crippen LogP) is 4.00. The summed E-state index contributed by atoms with van der Waals surface area (Å²) in [4.78, 5) is 35.4. The number of methoxy groups -OCH3 is 1. The Morgan fingerprint density at radius 2 is 1.83 bits per heavy atom. The van der Waals surface area contributed by atoms with Crippen LogP contribution in [0.1, 0.15) is 41.3 Å². The largest absolute Gasteiger partial charge is 0.481 e. The Kier molecular flexibility index (Phi) is 9.29. The molecule has 1 aliphatic rings. The summed E-state index contributed by atoms with van der Waals surface area (Å²) in [6, 6.07) is 9.16. The molecule has 0 unspecified atom stereocenters. The van der Waals surface area contributed by atoms with Gasteiger partial charge in [0.05, 0.1) is 7.11 Å². The summed E-state index contributed by atoms with van der Waals surface area (Å²) in [5.41, 5.74) is 2.11. The number of hydrogen-bond acceptors (Lipinski definition) is 6. The highest BCUT2D eigenvalue weighted by molar-refractivity contribution is 7.10. The van der Waals surface area contributed by atoms with Crippen molar-refractivity contribution in [1.29, 1.82) is 0 Å². The van der Waals surface area contributed by atoms with Crippen LogP contribution in [0.4, 0.5) is 0 Å². The molecule has 1 aromatic heterocycles. The number of esters is 1. The lowest BCUT2D eigenvalue weighted by atomic mass is 10.0. The third-order valence-electron chi connectivity index (χ3n) is 4.61. The van der Waals surface area contributed by atoms with Crippen LogP contribution in [0.5, 0.6) is 0 Å². The monoisotopic (exact) mass is 453 g/mol. The van der Waals surface area contributed by atoms with Gasteiger partial charge in [0, 0.05) is 35.8 Å². The molecule has 7 nitrogen and oxygen atoms in total. The molecule has 0 radical (unpaired) electrons. The lowest BCUT2D eigenvalue weighted by Crippen LogP contribution is -2.38. The summed E-state index contributed by atoms with van der Waals surface area (Å²) in [7, 11) is 1.42. The molecule has 2 heterocycles. The van der Waals surface area contributed by atoms with Crippen LogP contribution in [0, 0.1) is 0 Å².